The second-order valence-electron chi connectivity index (χ2n) is 11.7. The number of hydrogen-bond acceptors (Lipinski definition) is 5. The van der Waals surface area contributed by atoms with Gasteiger partial charge in [-0.15, -0.1) is 0 Å². The van der Waals surface area contributed by atoms with Gasteiger partial charge in [0, 0.05) is 5.92 Å². The topological polar surface area (TPSA) is 98.1 Å². The Labute approximate surface area is 250 Å². The number of fused-ring (bicyclic) bond motifs is 1. The van der Waals surface area contributed by atoms with Gasteiger partial charge in [-0.05, 0) is 73.6 Å². The van der Waals surface area contributed by atoms with E-state index in [0.717, 1.165) is 11.1 Å². The number of hydrogen-bond donors (Lipinski definition) is 3. The molecule has 238 valence electrons. The molecule has 3 N–H and O–H groups in total. The van der Waals surface area contributed by atoms with Crippen molar-refractivity contribution in [1.82, 2.24) is 0 Å². The number of rotatable bonds is 8. The number of halogens is 6. The molecule has 4 atom stereocenters. The molecular weight excluding hydrogens is 592 g/mol. The second kappa shape index (κ2) is 12.4. The molecule has 0 spiro atoms. The second-order valence-corrected chi connectivity index (χ2v) is 11.7. The number of aliphatic hydroxyl groups is 2. The van der Waals surface area contributed by atoms with Gasteiger partial charge < -0.3 is 15.3 Å². The van der Waals surface area contributed by atoms with Crippen LogP contribution in [0.3, 0.4) is 0 Å². The van der Waals surface area contributed by atoms with Crippen molar-refractivity contribution in [3.05, 3.63) is 75.9 Å². The zero-order valence-corrected chi connectivity index (χ0v) is 24.2. The summed E-state index contributed by atoms with van der Waals surface area (Å²) >= 11 is 0. The highest BCUT2D eigenvalue weighted by molar-refractivity contribution is 6.22. The SMILES string of the molecule is C/C(=C\c1ccc(O)cc1)CC[C@@H](O)C1=C(C(C)C)C[C@H]2C(=O)N(c3cc(C(F)(F)F)cc(C(F)(F)F)c3)C(=O)[C@H]2[C@H]1CO. The lowest BCUT2D eigenvalue weighted by atomic mass is 9.66. The Balaban J connectivity index is 1.67. The van der Waals surface area contributed by atoms with E-state index in [1.165, 1.54) is 12.1 Å². The number of imide groups is 1. The fourth-order valence-corrected chi connectivity index (χ4v) is 6.21. The Morgan fingerprint density at radius 1 is 0.977 bits per heavy atom. The summed E-state index contributed by atoms with van der Waals surface area (Å²) in [5.41, 5.74) is -1.49. The monoisotopic (exact) mass is 625 g/mol. The Morgan fingerprint density at radius 3 is 2.05 bits per heavy atom. The van der Waals surface area contributed by atoms with Gasteiger partial charge >= 0.3 is 12.4 Å². The minimum absolute atomic E-state index is 0.0419. The zero-order valence-electron chi connectivity index (χ0n) is 24.2. The molecule has 4 rings (SSSR count). The number of aliphatic hydroxyl groups excluding tert-OH is 2. The minimum Gasteiger partial charge on any atom is -0.508 e. The van der Waals surface area contributed by atoms with E-state index in [1.807, 2.05) is 13.0 Å². The van der Waals surface area contributed by atoms with E-state index in [1.54, 1.807) is 26.0 Å². The van der Waals surface area contributed by atoms with Crippen molar-refractivity contribution in [3.8, 4) is 5.75 Å². The van der Waals surface area contributed by atoms with Gasteiger partial charge in [0.1, 0.15) is 5.75 Å². The van der Waals surface area contributed by atoms with Gasteiger partial charge in [-0.1, -0.05) is 43.2 Å². The number of allylic oxidation sites excluding steroid dienone is 2. The number of carbonyl (C=O) groups is 2. The van der Waals surface area contributed by atoms with Gasteiger partial charge in [-0.3, -0.25) is 9.59 Å². The van der Waals surface area contributed by atoms with Crippen LogP contribution in [0.5, 0.6) is 5.75 Å². The van der Waals surface area contributed by atoms with E-state index < -0.39 is 71.4 Å². The van der Waals surface area contributed by atoms with Crippen molar-refractivity contribution >= 4 is 23.6 Å². The lowest BCUT2D eigenvalue weighted by Crippen LogP contribution is -2.40. The summed E-state index contributed by atoms with van der Waals surface area (Å²) in [7, 11) is 0. The van der Waals surface area contributed by atoms with Gasteiger partial charge in [0.15, 0.2) is 0 Å². The molecule has 44 heavy (non-hydrogen) atoms. The smallest absolute Gasteiger partial charge is 0.416 e. The van der Waals surface area contributed by atoms with E-state index in [-0.39, 0.29) is 30.6 Å². The Kier molecular flexibility index (Phi) is 9.37. The molecule has 1 aliphatic carbocycles. The Morgan fingerprint density at radius 2 is 1.55 bits per heavy atom. The van der Waals surface area contributed by atoms with Crippen molar-refractivity contribution in [2.45, 2.75) is 58.5 Å². The molecule has 1 aliphatic heterocycles. The summed E-state index contributed by atoms with van der Waals surface area (Å²) in [6.45, 7) is 4.77. The molecule has 1 fully saturated rings. The normalized spacial score (nSPS) is 22.2. The van der Waals surface area contributed by atoms with Crippen LogP contribution in [0, 0.1) is 23.7 Å². The Hall–Kier alpha value is -3.64. The number of carbonyl (C=O) groups excluding carboxylic acids is 2. The van der Waals surface area contributed by atoms with Crippen LogP contribution in [0.2, 0.25) is 0 Å². The molecule has 2 aromatic rings. The summed E-state index contributed by atoms with van der Waals surface area (Å²) in [5.74, 6) is -5.60. The summed E-state index contributed by atoms with van der Waals surface area (Å²) in [4.78, 5) is 27.6. The van der Waals surface area contributed by atoms with Gasteiger partial charge in [0.25, 0.3) is 0 Å². The van der Waals surface area contributed by atoms with E-state index in [4.69, 9.17) is 0 Å². The van der Waals surface area contributed by atoms with Crippen molar-refractivity contribution in [1.29, 1.82) is 0 Å². The molecule has 2 amide bonds. The maximum atomic E-state index is 13.7. The average molecular weight is 626 g/mol. The average Bonchev–Trinajstić information content (AvgIpc) is 3.19. The first kappa shape index (κ1) is 33.3. The third kappa shape index (κ3) is 6.71. The molecule has 0 unspecified atom stereocenters. The molecule has 1 saturated heterocycles. The molecule has 2 aliphatic rings. The first-order chi connectivity index (χ1) is 20.4. The summed E-state index contributed by atoms with van der Waals surface area (Å²) in [6, 6.07) is 7.10. The molecule has 0 saturated carbocycles. The quantitative estimate of drug-likeness (QED) is 0.171. The molecule has 1 heterocycles. The number of phenolic OH excluding ortho intramolecular Hbond substituents is 1. The van der Waals surface area contributed by atoms with E-state index in [0.29, 0.717) is 34.6 Å². The van der Waals surface area contributed by atoms with Crippen LogP contribution in [-0.2, 0) is 21.9 Å². The summed E-state index contributed by atoms with van der Waals surface area (Å²) < 4.78 is 81.2. The first-order valence-corrected chi connectivity index (χ1v) is 14.1. The number of alkyl halides is 6. The van der Waals surface area contributed by atoms with Crippen molar-refractivity contribution in [2.75, 3.05) is 11.5 Å². The van der Waals surface area contributed by atoms with Crippen LogP contribution in [0.15, 0.2) is 59.2 Å². The number of amides is 2. The van der Waals surface area contributed by atoms with Crippen molar-refractivity contribution < 1.29 is 51.3 Å². The third-order valence-electron chi connectivity index (χ3n) is 8.32. The fourth-order valence-electron chi connectivity index (χ4n) is 6.21. The predicted octanol–water partition coefficient (Wildman–Crippen LogP) is 6.74. The molecule has 0 bridgehead atoms. The lowest BCUT2D eigenvalue weighted by Gasteiger charge is -2.38. The van der Waals surface area contributed by atoms with Crippen molar-refractivity contribution in [2.24, 2.45) is 23.7 Å². The Bertz CT molecular complexity index is 1440. The van der Waals surface area contributed by atoms with Gasteiger partial charge in [0.2, 0.25) is 11.8 Å². The maximum Gasteiger partial charge on any atom is 0.416 e. The molecule has 2 aromatic carbocycles. The van der Waals surface area contributed by atoms with E-state index >= 15 is 0 Å². The van der Waals surface area contributed by atoms with Gasteiger partial charge in [-0.25, -0.2) is 4.90 Å². The van der Waals surface area contributed by atoms with Crippen LogP contribution < -0.4 is 4.90 Å². The van der Waals surface area contributed by atoms with Crippen LogP contribution in [0.25, 0.3) is 6.08 Å². The highest BCUT2D eigenvalue weighted by atomic mass is 19.4. The van der Waals surface area contributed by atoms with Crippen LogP contribution in [0.1, 0.15) is 56.7 Å². The number of benzene rings is 2. The lowest BCUT2D eigenvalue weighted by molar-refractivity contribution is -0.143. The van der Waals surface area contributed by atoms with Crippen molar-refractivity contribution in [3.63, 3.8) is 0 Å². The summed E-state index contributed by atoms with van der Waals surface area (Å²) in [6.07, 6.45) is -9.08. The number of nitrogens with zero attached hydrogens (tertiary/aromatic N) is 1. The molecule has 0 radical (unpaired) electrons. The van der Waals surface area contributed by atoms with E-state index in [9.17, 15) is 51.3 Å². The molecule has 0 aromatic heterocycles. The molecule has 6 nitrogen and oxygen atoms in total. The minimum atomic E-state index is -5.18. The largest absolute Gasteiger partial charge is 0.508 e. The van der Waals surface area contributed by atoms with E-state index in [2.05, 4.69) is 0 Å². The van der Waals surface area contributed by atoms with Gasteiger partial charge in [0.05, 0.1) is 41.4 Å². The van der Waals surface area contributed by atoms with Crippen LogP contribution in [-0.4, -0.2) is 39.8 Å². The summed E-state index contributed by atoms with van der Waals surface area (Å²) in [5, 5.41) is 31.3. The standard InChI is InChI=1S/C32H33F6NO5/c1-16(2)23-14-24-28(25(15-40)27(23)26(42)9-4-17(3)10-18-5-7-22(41)8-6-18)30(44)39(29(24)43)21-12-19(31(33,34)35)11-20(13-21)32(36,37)38/h5-8,10-13,16,24-26,28,40-42H,4,9,14-15H2,1-3H3/b17-10+/t24-,25+,26-,28-/m1/s1. The molecular formula is C32H33F6NO5. The fraction of sp³-hybridized carbons (Fsp3) is 0.438. The number of phenols is 1. The zero-order chi connectivity index (χ0) is 32.7. The van der Waals surface area contributed by atoms with Gasteiger partial charge in [-0.2, -0.15) is 26.3 Å². The number of aromatic hydroxyl groups is 1. The molecule has 12 heteroatoms. The highest BCUT2D eigenvalue weighted by Crippen LogP contribution is 2.49. The highest BCUT2D eigenvalue weighted by Gasteiger charge is 2.56. The third-order valence-corrected chi connectivity index (χ3v) is 8.32. The number of anilines is 1. The predicted molar refractivity (Wildman–Crippen MR) is 150 cm³/mol. The maximum absolute atomic E-state index is 13.7. The van der Waals surface area contributed by atoms with Crippen LogP contribution >= 0.6 is 0 Å². The first-order valence-electron chi connectivity index (χ1n) is 14.1. The van der Waals surface area contributed by atoms with Crippen LogP contribution in [0.4, 0.5) is 32.0 Å².